The Morgan fingerprint density at radius 3 is 2.81 bits per heavy atom. The molecule has 0 bridgehead atoms. The molecule has 0 atom stereocenters. The van der Waals surface area contributed by atoms with Gasteiger partial charge < -0.3 is 5.11 Å². The van der Waals surface area contributed by atoms with Crippen molar-refractivity contribution in [3.63, 3.8) is 0 Å². The summed E-state index contributed by atoms with van der Waals surface area (Å²) in [6, 6.07) is 4.55. The molecule has 0 radical (unpaired) electrons. The van der Waals surface area contributed by atoms with Crippen LogP contribution in [0.1, 0.15) is 9.80 Å². The molecule has 0 spiro atoms. The maximum absolute atomic E-state index is 13.5. The summed E-state index contributed by atoms with van der Waals surface area (Å²) >= 11 is 4.12. The van der Waals surface area contributed by atoms with E-state index in [0.717, 1.165) is 11.3 Å². The molecular formula is C10H5BrFNO2S. The van der Waals surface area contributed by atoms with Crippen molar-refractivity contribution in [1.29, 1.82) is 0 Å². The standard InChI is InChI=1S/C10H5BrFNO2S/c11-5-1-2-6(7(12)3-5)8-4-16-9(13-8)10(14)15/h1-4H,(H,14,15). The number of hydrogen-bond acceptors (Lipinski definition) is 3. The number of rotatable bonds is 2. The number of carbonyl (C=O) groups is 1. The fraction of sp³-hybridized carbons (Fsp3) is 0. The highest BCUT2D eigenvalue weighted by molar-refractivity contribution is 9.10. The maximum Gasteiger partial charge on any atom is 0.365 e. The fourth-order valence-corrected chi connectivity index (χ4v) is 2.18. The Labute approximate surface area is 103 Å². The van der Waals surface area contributed by atoms with Crippen LogP contribution in [0.5, 0.6) is 0 Å². The van der Waals surface area contributed by atoms with Gasteiger partial charge in [0, 0.05) is 15.4 Å². The second-order valence-corrected chi connectivity index (χ2v) is 4.74. The van der Waals surface area contributed by atoms with E-state index in [4.69, 9.17) is 5.11 Å². The van der Waals surface area contributed by atoms with Crippen LogP contribution >= 0.6 is 27.3 Å². The Hall–Kier alpha value is -1.27. The zero-order valence-corrected chi connectivity index (χ0v) is 10.2. The predicted molar refractivity (Wildman–Crippen MR) is 62.2 cm³/mol. The lowest BCUT2D eigenvalue weighted by Gasteiger charge is -1.99. The van der Waals surface area contributed by atoms with Crippen molar-refractivity contribution in [3.05, 3.63) is 38.9 Å². The molecule has 0 amide bonds. The third-order valence-electron chi connectivity index (χ3n) is 1.89. The summed E-state index contributed by atoms with van der Waals surface area (Å²) in [7, 11) is 0. The first kappa shape index (κ1) is 11.2. The summed E-state index contributed by atoms with van der Waals surface area (Å²) in [6.45, 7) is 0. The number of carboxylic acids is 1. The van der Waals surface area contributed by atoms with Crippen molar-refractivity contribution in [1.82, 2.24) is 4.98 Å². The Bertz CT molecular complexity index is 556. The number of carboxylic acid groups (broad SMARTS) is 1. The van der Waals surface area contributed by atoms with E-state index in [1.165, 1.54) is 11.4 Å². The van der Waals surface area contributed by atoms with Gasteiger partial charge >= 0.3 is 5.97 Å². The van der Waals surface area contributed by atoms with Crippen LogP contribution in [0, 0.1) is 5.82 Å². The van der Waals surface area contributed by atoms with Gasteiger partial charge in [-0.2, -0.15) is 0 Å². The minimum atomic E-state index is -1.10. The molecule has 82 valence electrons. The number of benzene rings is 1. The molecule has 16 heavy (non-hydrogen) atoms. The first-order chi connectivity index (χ1) is 7.58. The van der Waals surface area contributed by atoms with E-state index in [1.807, 2.05) is 0 Å². The van der Waals surface area contributed by atoms with Gasteiger partial charge in [-0.1, -0.05) is 15.9 Å². The highest BCUT2D eigenvalue weighted by Crippen LogP contribution is 2.26. The minimum absolute atomic E-state index is 0.0441. The van der Waals surface area contributed by atoms with Crippen LogP contribution in [0.2, 0.25) is 0 Å². The van der Waals surface area contributed by atoms with E-state index in [9.17, 15) is 9.18 Å². The third-order valence-corrected chi connectivity index (χ3v) is 3.22. The lowest BCUT2D eigenvalue weighted by atomic mass is 10.1. The van der Waals surface area contributed by atoms with Gasteiger partial charge in [0.25, 0.3) is 0 Å². The van der Waals surface area contributed by atoms with Gasteiger partial charge in [-0.05, 0) is 18.2 Å². The first-order valence-electron chi connectivity index (χ1n) is 4.22. The van der Waals surface area contributed by atoms with Crippen LogP contribution in [0.25, 0.3) is 11.3 Å². The zero-order valence-electron chi connectivity index (χ0n) is 7.78. The number of aromatic nitrogens is 1. The highest BCUT2D eigenvalue weighted by Gasteiger charge is 2.13. The SMILES string of the molecule is O=C(O)c1nc(-c2ccc(Br)cc2F)cs1. The summed E-state index contributed by atoms with van der Waals surface area (Å²) in [5, 5.41) is 10.2. The van der Waals surface area contributed by atoms with Crippen molar-refractivity contribution >= 4 is 33.2 Å². The number of thiazole rings is 1. The van der Waals surface area contributed by atoms with Crippen molar-refractivity contribution in [2.45, 2.75) is 0 Å². The van der Waals surface area contributed by atoms with Crippen LogP contribution < -0.4 is 0 Å². The minimum Gasteiger partial charge on any atom is -0.476 e. The molecule has 1 heterocycles. The molecule has 0 aliphatic heterocycles. The van der Waals surface area contributed by atoms with Gasteiger partial charge in [0.05, 0.1) is 5.69 Å². The quantitative estimate of drug-likeness (QED) is 0.925. The normalized spacial score (nSPS) is 10.4. The molecule has 0 saturated carbocycles. The fourth-order valence-electron chi connectivity index (χ4n) is 1.19. The molecule has 2 rings (SSSR count). The van der Waals surface area contributed by atoms with E-state index in [-0.39, 0.29) is 5.01 Å². The van der Waals surface area contributed by atoms with Crippen molar-refractivity contribution in [2.75, 3.05) is 0 Å². The molecule has 1 aromatic heterocycles. The first-order valence-corrected chi connectivity index (χ1v) is 5.89. The van der Waals surface area contributed by atoms with Crippen molar-refractivity contribution in [2.24, 2.45) is 0 Å². The monoisotopic (exact) mass is 301 g/mol. The van der Waals surface area contributed by atoms with Crippen LogP contribution in [-0.4, -0.2) is 16.1 Å². The summed E-state index contributed by atoms with van der Waals surface area (Å²) in [6.07, 6.45) is 0. The van der Waals surface area contributed by atoms with Gasteiger partial charge in [0.15, 0.2) is 0 Å². The molecule has 0 saturated heterocycles. The number of aromatic carboxylic acids is 1. The van der Waals surface area contributed by atoms with Gasteiger partial charge in [-0.15, -0.1) is 11.3 Å². The second kappa shape index (κ2) is 4.31. The summed E-state index contributed by atoms with van der Waals surface area (Å²) in [5.74, 6) is -1.54. The third kappa shape index (κ3) is 2.12. The Balaban J connectivity index is 2.46. The molecule has 2 aromatic rings. The van der Waals surface area contributed by atoms with Gasteiger partial charge in [0.1, 0.15) is 5.82 Å². The lowest BCUT2D eigenvalue weighted by Crippen LogP contribution is -1.94. The molecule has 1 N–H and O–H groups in total. The lowest BCUT2D eigenvalue weighted by molar-refractivity contribution is 0.0696. The molecule has 0 aliphatic rings. The van der Waals surface area contributed by atoms with E-state index in [2.05, 4.69) is 20.9 Å². The van der Waals surface area contributed by atoms with E-state index < -0.39 is 11.8 Å². The van der Waals surface area contributed by atoms with Gasteiger partial charge in [0.2, 0.25) is 5.01 Å². The molecule has 6 heteroatoms. The average molecular weight is 302 g/mol. The predicted octanol–water partition coefficient (Wildman–Crippen LogP) is 3.41. The summed E-state index contributed by atoms with van der Waals surface area (Å²) in [4.78, 5) is 14.5. The van der Waals surface area contributed by atoms with E-state index in [1.54, 1.807) is 12.1 Å². The number of halogens is 2. The largest absolute Gasteiger partial charge is 0.476 e. The van der Waals surface area contributed by atoms with E-state index in [0.29, 0.717) is 15.7 Å². The molecule has 3 nitrogen and oxygen atoms in total. The number of hydrogen-bond donors (Lipinski definition) is 1. The second-order valence-electron chi connectivity index (χ2n) is 2.97. The number of nitrogens with zero attached hydrogens (tertiary/aromatic N) is 1. The van der Waals surface area contributed by atoms with Crippen molar-refractivity contribution < 1.29 is 14.3 Å². The van der Waals surface area contributed by atoms with Crippen LogP contribution in [0.15, 0.2) is 28.1 Å². The Morgan fingerprint density at radius 2 is 2.25 bits per heavy atom. The topological polar surface area (TPSA) is 50.2 Å². The summed E-state index contributed by atoms with van der Waals surface area (Å²) < 4.78 is 14.2. The average Bonchev–Trinajstić information content (AvgIpc) is 2.66. The molecular weight excluding hydrogens is 297 g/mol. The van der Waals surface area contributed by atoms with E-state index >= 15 is 0 Å². The Morgan fingerprint density at radius 1 is 1.50 bits per heavy atom. The molecule has 0 aliphatic carbocycles. The molecule has 1 aromatic carbocycles. The highest BCUT2D eigenvalue weighted by atomic mass is 79.9. The Kier molecular flexibility index (Phi) is 3.02. The summed E-state index contributed by atoms with van der Waals surface area (Å²) in [5.41, 5.74) is 0.638. The van der Waals surface area contributed by atoms with Crippen LogP contribution in [0.4, 0.5) is 4.39 Å². The molecule has 0 fully saturated rings. The van der Waals surface area contributed by atoms with Crippen LogP contribution in [0.3, 0.4) is 0 Å². The van der Waals surface area contributed by atoms with Crippen molar-refractivity contribution in [3.8, 4) is 11.3 Å². The smallest absolute Gasteiger partial charge is 0.365 e. The zero-order chi connectivity index (χ0) is 11.7. The van der Waals surface area contributed by atoms with Gasteiger partial charge in [-0.25, -0.2) is 14.2 Å². The van der Waals surface area contributed by atoms with Crippen LogP contribution in [-0.2, 0) is 0 Å². The molecule has 0 unspecified atom stereocenters. The maximum atomic E-state index is 13.5. The van der Waals surface area contributed by atoms with Gasteiger partial charge in [-0.3, -0.25) is 0 Å².